The number of ether oxygens (including phenoxy) is 1. The molecule has 7 aromatic carbocycles. The van der Waals surface area contributed by atoms with Crippen molar-refractivity contribution in [2.45, 2.75) is 26.7 Å². The highest BCUT2D eigenvalue weighted by molar-refractivity contribution is 6.10. The standard InChI is InChI=1S/C55H44N4O/c1-38(2)39(3)43-29-30-56-54(34-43)59-52-28-25-44(40-15-7-4-8-16-40)33-51(52)50-27-26-47(36-53(50)59)60-46-22-13-21-45(35-46)57-31-32-58(37-57)55-48(41-17-9-5-10-18-41)23-14-24-49(55)42-19-11-6-12-20-42/h4-36,38-39H,1-3H3/i5D,6D,9D,10D,11D,12D,17D,18D,19D,20D. The molecule has 10 aromatic rings. The molecule has 10 rings (SSSR count). The van der Waals surface area contributed by atoms with Gasteiger partial charge < -0.3 is 4.74 Å². The van der Waals surface area contributed by atoms with Gasteiger partial charge in [0.1, 0.15) is 17.3 Å². The molecule has 0 radical (unpaired) electrons. The van der Waals surface area contributed by atoms with E-state index in [1.54, 1.807) is 35.2 Å². The molecule has 5 heteroatoms. The second-order valence-corrected chi connectivity index (χ2v) is 15.0. The Balaban J connectivity index is 1.08. The van der Waals surface area contributed by atoms with Crippen LogP contribution in [0.15, 0.2) is 200 Å². The summed E-state index contributed by atoms with van der Waals surface area (Å²) >= 11 is 0. The number of pyridine rings is 1. The molecule has 0 aliphatic rings. The molecule has 0 N–H and O–H groups in total. The van der Waals surface area contributed by atoms with Crippen LogP contribution in [0.3, 0.4) is 0 Å². The molecular formula is C55H44N4O. The Morgan fingerprint density at radius 1 is 0.617 bits per heavy atom. The molecule has 1 unspecified atom stereocenters. The first-order valence-corrected chi connectivity index (χ1v) is 19.8. The Morgan fingerprint density at radius 2 is 1.33 bits per heavy atom. The monoisotopic (exact) mass is 786 g/mol. The molecule has 0 amide bonds. The zero-order chi connectivity index (χ0) is 49.3. The molecule has 290 valence electrons. The third kappa shape index (κ3) is 6.94. The molecule has 3 heterocycles. The molecule has 0 saturated heterocycles. The largest absolute Gasteiger partial charge is 0.458 e. The summed E-state index contributed by atoms with van der Waals surface area (Å²) in [5, 5.41) is 2.12. The number of rotatable bonds is 10. The minimum absolute atomic E-state index is 0.125. The van der Waals surface area contributed by atoms with Crippen molar-refractivity contribution in [2.75, 3.05) is 0 Å². The Hall–Kier alpha value is -7.50. The predicted molar refractivity (Wildman–Crippen MR) is 244 cm³/mol. The van der Waals surface area contributed by atoms with Gasteiger partial charge in [-0.05, 0) is 105 Å². The molecule has 0 saturated carbocycles. The van der Waals surface area contributed by atoms with Gasteiger partial charge in [0, 0.05) is 35.4 Å². The maximum absolute atomic E-state index is 8.88. The number of imidazole rings is 1. The highest BCUT2D eigenvalue weighted by Gasteiger charge is 2.19. The summed E-state index contributed by atoms with van der Waals surface area (Å²) in [6, 6.07) is 34.1. The lowest BCUT2D eigenvalue weighted by Gasteiger charge is -2.17. The Bertz CT molecular complexity index is 3570. The summed E-state index contributed by atoms with van der Waals surface area (Å²) in [6.45, 7) is 6.68. The molecule has 60 heavy (non-hydrogen) atoms. The number of aromatic nitrogens is 4. The molecule has 1 atom stereocenters. The van der Waals surface area contributed by atoms with Crippen LogP contribution in [0.5, 0.6) is 11.5 Å². The van der Waals surface area contributed by atoms with Crippen LogP contribution in [0.25, 0.3) is 72.4 Å². The van der Waals surface area contributed by atoms with E-state index in [0.29, 0.717) is 29.0 Å². The SMILES string of the molecule is [2H]c1c([2H])c([2H])c(-c2cccc(-c3c([2H])c([2H])c([2H])c([2H])c3[2H])c2-[n+]2[c-]n(-c3cccc(Oc4ccc5c6cc(-c7ccccc7)ccc6n(-c6cc(C(C)C(C)C)ccn6)c5c4)c3)cc2)c([2H])c1[2H]. The van der Waals surface area contributed by atoms with E-state index in [-0.39, 0.29) is 27.9 Å². The van der Waals surface area contributed by atoms with Crippen molar-refractivity contribution in [1.82, 2.24) is 14.1 Å². The van der Waals surface area contributed by atoms with E-state index in [0.717, 1.165) is 38.8 Å². The van der Waals surface area contributed by atoms with Crippen LogP contribution in [0, 0.1) is 12.2 Å². The molecule has 0 aliphatic heterocycles. The van der Waals surface area contributed by atoms with E-state index >= 15 is 0 Å². The predicted octanol–water partition coefficient (Wildman–Crippen LogP) is 13.6. The number of benzene rings is 7. The number of hydrogen-bond donors (Lipinski definition) is 0. The van der Waals surface area contributed by atoms with Crippen molar-refractivity contribution in [3.63, 3.8) is 0 Å². The van der Waals surface area contributed by atoms with E-state index in [1.807, 2.05) is 60.8 Å². The fourth-order valence-electron chi connectivity index (χ4n) is 7.74. The van der Waals surface area contributed by atoms with Gasteiger partial charge in [0.25, 0.3) is 6.33 Å². The lowest BCUT2D eigenvalue weighted by Crippen LogP contribution is -2.30. The van der Waals surface area contributed by atoms with Crippen molar-refractivity contribution in [3.8, 4) is 62.1 Å². The summed E-state index contributed by atoms with van der Waals surface area (Å²) in [7, 11) is 0. The summed E-state index contributed by atoms with van der Waals surface area (Å²) in [4.78, 5) is 4.90. The average Bonchev–Trinajstić information content (AvgIpc) is 3.99. The summed E-state index contributed by atoms with van der Waals surface area (Å²) in [6.07, 6.45) is 8.50. The van der Waals surface area contributed by atoms with Crippen LogP contribution in [0.1, 0.15) is 46.0 Å². The van der Waals surface area contributed by atoms with E-state index in [4.69, 9.17) is 23.4 Å². The average molecular weight is 787 g/mol. The lowest BCUT2D eigenvalue weighted by atomic mass is 9.91. The van der Waals surface area contributed by atoms with Crippen molar-refractivity contribution in [3.05, 3.63) is 212 Å². The number of nitrogens with zero attached hydrogens (tertiary/aromatic N) is 4. The van der Waals surface area contributed by atoms with Gasteiger partial charge in [-0.25, -0.2) is 4.98 Å². The Labute approximate surface area is 365 Å². The van der Waals surface area contributed by atoms with Crippen molar-refractivity contribution in [1.29, 1.82) is 0 Å². The van der Waals surface area contributed by atoms with E-state index in [2.05, 4.69) is 80.2 Å². The van der Waals surface area contributed by atoms with Gasteiger partial charge in [-0.15, -0.1) is 0 Å². The fourth-order valence-corrected chi connectivity index (χ4v) is 7.74. The van der Waals surface area contributed by atoms with Crippen LogP contribution >= 0.6 is 0 Å². The molecule has 5 nitrogen and oxygen atoms in total. The lowest BCUT2D eigenvalue weighted by molar-refractivity contribution is -0.598. The molecule has 3 aromatic heterocycles. The van der Waals surface area contributed by atoms with Crippen molar-refractivity contribution in [2.24, 2.45) is 5.92 Å². The van der Waals surface area contributed by atoms with Crippen molar-refractivity contribution < 1.29 is 23.0 Å². The number of para-hydroxylation sites is 1. The quantitative estimate of drug-likeness (QED) is 0.102. The van der Waals surface area contributed by atoms with Crippen LogP contribution < -0.4 is 9.30 Å². The van der Waals surface area contributed by atoms with Gasteiger partial charge in [-0.2, -0.15) is 0 Å². The minimum Gasteiger partial charge on any atom is -0.458 e. The highest BCUT2D eigenvalue weighted by atomic mass is 16.5. The van der Waals surface area contributed by atoms with Crippen LogP contribution in [-0.2, 0) is 0 Å². The maximum Gasteiger partial charge on any atom is 0.268 e. The van der Waals surface area contributed by atoms with Gasteiger partial charge in [-0.3, -0.25) is 13.7 Å². The van der Waals surface area contributed by atoms with Gasteiger partial charge in [0.05, 0.1) is 36.1 Å². The Kier molecular flexibility index (Phi) is 7.12. The first kappa shape index (κ1) is 27.2. The highest BCUT2D eigenvalue weighted by Crippen LogP contribution is 2.38. The van der Waals surface area contributed by atoms with E-state index in [1.165, 1.54) is 10.1 Å². The number of fused-ring (bicyclic) bond motifs is 3. The second kappa shape index (κ2) is 15.7. The summed E-state index contributed by atoms with van der Waals surface area (Å²) in [5.74, 6) is 2.67. The number of hydrogen-bond acceptors (Lipinski definition) is 2. The topological polar surface area (TPSA) is 35.9 Å². The summed E-state index contributed by atoms with van der Waals surface area (Å²) in [5.41, 5.74) is 6.24. The maximum atomic E-state index is 8.88. The van der Waals surface area contributed by atoms with Crippen LogP contribution in [0.2, 0.25) is 0 Å². The van der Waals surface area contributed by atoms with E-state index in [9.17, 15) is 0 Å². The van der Waals surface area contributed by atoms with Crippen LogP contribution in [-0.4, -0.2) is 14.1 Å². The zero-order valence-corrected chi connectivity index (χ0v) is 33.1. The normalized spacial score (nSPS) is 14.3. The van der Waals surface area contributed by atoms with Gasteiger partial charge in [0.15, 0.2) is 0 Å². The smallest absolute Gasteiger partial charge is 0.268 e. The molecule has 0 fully saturated rings. The van der Waals surface area contributed by atoms with Crippen LogP contribution in [0.4, 0.5) is 0 Å². The van der Waals surface area contributed by atoms with Gasteiger partial charge in [0.2, 0.25) is 0 Å². The summed E-state index contributed by atoms with van der Waals surface area (Å²) < 4.78 is 97.8. The first-order chi connectivity index (χ1) is 33.6. The van der Waals surface area contributed by atoms with E-state index < -0.39 is 60.4 Å². The molecular weight excluding hydrogens is 733 g/mol. The first-order valence-electron chi connectivity index (χ1n) is 24.8. The Morgan fingerprint density at radius 3 is 2.07 bits per heavy atom. The minimum atomic E-state index is -0.562. The second-order valence-electron chi connectivity index (χ2n) is 15.0. The van der Waals surface area contributed by atoms with Gasteiger partial charge >= 0.3 is 0 Å². The fraction of sp³-hybridized carbons (Fsp3) is 0.0909. The third-order valence-electron chi connectivity index (χ3n) is 11.1. The molecule has 0 spiro atoms. The molecule has 0 bridgehead atoms. The van der Waals surface area contributed by atoms with Gasteiger partial charge in [-0.1, -0.05) is 142 Å². The zero-order valence-electron chi connectivity index (χ0n) is 43.1. The third-order valence-corrected chi connectivity index (χ3v) is 11.1. The molecule has 0 aliphatic carbocycles. The van der Waals surface area contributed by atoms with Crippen molar-refractivity contribution >= 4 is 21.8 Å².